The van der Waals surface area contributed by atoms with E-state index >= 15 is 0 Å². The molecule has 0 unspecified atom stereocenters. The maximum atomic E-state index is 12.1. The quantitative estimate of drug-likeness (QED) is 0.872. The van der Waals surface area contributed by atoms with Crippen LogP contribution in [0.3, 0.4) is 0 Å². The fourth-order valence-corrected chi connectivity index (χ4v) is 2.41. The molecule has 0 spiro atoms. The van der Waals surface area contributed by atoms with Crippen molar-refractivity contribution < 1.29 is 18.7 Å². The first-order valence-corrected chi connectivity index (χ1v) is 7.43. The van der Waals surface area contributed by atoms with E-state index in [1.165, 1.54) is 13.0 Å². The Balaban J connectivity index is 2.01. The predicted molar refractivity (Wildman–Crippen MR) is 89.3 cm³/mol. The van der Waals surface area contributed by atoms with E-state index in [1.807, 2.05) is 26.0 Å². The lowest BCUT2D eigenvalue weighted by atomic mass is 10.1. The summed E-state index contributed by atoms with van der Waals surface area (Å²) in [7, 11) is 0. The fraction of sp³-hybridized carbons (Fsp3) is 0.278. The molecule has 0 fully saturated rings. The lowest BCUT2D eigenvalue weighted by Gasteiger charge is -2.11. The van der Waals surface area contributed by atoms with Gasteiger partial charge in [-0.25, -0.2) is 9.59 Å². The van der Waals surface area contributed by atoms with Crippen molar-refractivity contribution in [2.24, 2.45) is 0 Å². The lowest BCUT2D eigenvalue weighted by Crippen LogP contribution is -2.22. The number of amides is 1. The van der Waals surface area contributed by atoms with Crippen molar-refractivity contribution in [3.05, 3.63) is 62.7 Å². The highest BCUT2D eigenvalue weighted by atomic mass is 16.5. The second kappa shape index (κ2) is 7.12. The summed E-state index contributed by atoms with van der Waals surface area (Å²) in [6.07, 6.45) is 0. The van der Waals surface area contributed by atoms with E-state index in [1.54, 1.807) is 13.0 Å². The van der Waals surface area contributed by atoms with Crippen molar-refractivity contribution in [2.75, 3.05) is 11.9 Å². The summed E-state index contributed by atoms with van der Waals surface area (Å²) in [6.45, 7) is 6.53. The van der Waals surface area contributed by atoms with Crippen molar-refractivity contribution in [1.82, 2.24) is 0 Å². The molecule has 1 amide bonds. The van der Waals surface area contributed by atoms with Crippen LogP contribution in [0.15, 0.2) is 33.5 Å². The Morgan fingerprint density at radius 2 is 1.79 bits per heavy atom. The van der Waals surface area contributed by atoms with Crippen LogP contribution in [0, 0.1) is 27.7 Å². The van der Waals surface area contributed by atoms with Gasteiger partial charge in [-0.1, -0.05) is 17.7 Å². The highest BCUT2D eigenvalue weighted by Crippen LogP contribution is 2.16. The standard InChI is InChI=1S/C18H19NO5/c1-10-5-6-14(11(2)7-10)19-15(20)9-23-18(22)17-12(3)8-16(21)24-13(17)4/h5-8H,9H2,1-4H3,(H,19,20). The number of hydrogen-bond acceptors (Lipinski definition) is 5. The van der Waals surface area contributed by atoms with Gasteiger partial charge in [-0.2, -0.15) is 0 Å². The molecular formula is C18H19NO5. The molecule has 0 aliphatic carbocycles. The van der Waals surface area contributed by atoms with Gasteiger partial charge in [0.15, 0.2) is 6.61 Å². The van der Waals surface area contributed by atoms with Crippen LogP contribution in [0.25, 0.3) is 0 Å². The highest BCUT2D eigenvalue weighted by Gasteiger charge is 2.18. The molecule has 24 heavy (non-hydrogen) atoms. The van der Waals surface area contributed by atoms with Crippen molar-refractivity contribution in [2.45, 2.75) is 27.7 Å². The number of carbonyl (C=O) groups excluding carboxylic acids is 2. The SMILES string of the molecule is Cc1ccc(NC(=O)COC(=O)c2c(C)cc(=O)oc2C)c(C)c1. The van der Waals surface area contributed by atoms with Crippen LogP contribution in [-0.4, -0.2) is 18.5 Å². The molecule has 2 rings (SSSR count). The lowest BCUT2D eigenvalue weighted by molar-refractivity contribution is -0.119. The largest absolute Gasteiger partial charge is 0.452 e. The van der Waals surface area contributed by atoms with Gasteiger partial charge in [0.25, 0.3) is 5.91 Å². The zero-order valence-electron chi connectivity index (χ0n) is 14.1. The normalized spacial score (nSPS) is 10.3. The molecule has 0 saturated heterocycles. The summed E-state index contributed by atoms with van der Waals surface area (Å²) in [5, 5.41) is 2.69. The summed E-state index contributed by atoms with van der Waals surface area (Å²) in [5.41, 5.74) is 2.76. The highest BCUT2D eigenvalue weighted by molar-refractivity contribution is 5.96. The molecule has 6 heteroatoms. The third-order valence-corrected chi connectivity index (χ3v) is 3.53. The Morgan fingerprint density at radius 1 is 1.08 bits per heavy atom. The second-order valence-electron chi connectivity index (χ2n) is 5.62. The van der Waals surface area contributed by atoms with Crippen LogP contribution in [0.4, 0.5) is 5.69 Å². The monoisotopic (exact) mass is 329 g/mol. The Labute approximate surface area is 139 Å². The summed E-state index contributed by atoms with van der Waals surface area (Å²) in [4.78, 5) is 35.3. The molecule has 0 saturated carbocycles. The smallest absolute Gasteiger partial charge is 0.342 e. The number of hydrogen-bond donors (Lipinski definition) is 1. The maximum absolute atomic E-state index is 12.1. The van der Waals surface area contributed by atoms with Gasteiger partial charge in [-0.15, -0.1) is 0 Å². The molecular weight excluding hydrogens is 310 g/mol. The third kappa shape index (κ3) is 4.10. The molecule has 0 aliphatic heterocycles. The molecule has 0 bridgehead atoms. The van der Waals surface area contributed by atoms with E-state index in [0.717, 1.165) is 11.1 Å². The van der Waals surface area contributed by atoms with E-state index in [0.29, 0.717) is 11.3 Å². The van der Waals surface area contributed by atoms with Crippen LogP contribution in [-0.2, 0) is 9.53 Å². The Morgan fingerprint density at radius 3 is 2.42 bits per heavy atom. The van der Waals surface area contributed by atoms with Gasteiger partial charge in [0.05, 0.1) is 0 Å². The molecule has 126 valence electrons. The second-order valence-corrected chi connectivity index (χ2v) is 5.62. The minimum Gasteiger partial charge on any atom is -0.452 e. The summed E-state index contributed by atoms with van der Waals surface area (Å²) in [5.74, 6) is -0.979. The summed E-state index contributed by atoms with van der Waals surface area (Å²) >= 11 is 0. The predicted octanol–water partition coefficient (Wildman–Crippen LogP) is 2.67. The molecule has 0 atom stereocenters. The zero-order valence-corrected chi connectivity index (χ0v) is 14.1. The number of aryl methyl sites for hydroxylation is 4. The first-order chi connectivity index (χ1) is 11.3. The average molecular weight is 329 g/mol. The van der Waals surface area contributed by atoms with Crippen LogP contribution in [0.2, 0.25) is 0 Å². The van der Waals surface area contributed by atoms with E-state index in [2.05, 4.69) is 5.32 Å². The number of anilines is 1. The van der Waals surface area contributed by atoms with Crippen molar-refractivity contribution in [3.63, 3.8) is 0 Å². The summed E-state index contributed by atoms with van der Waals surface area (Å²) in [6, 6.07) is 6.83. The van der Waals surface area contributed by atoms with Gasteiger partial charge in [0.2, 0.25) is 0 Å². The summed E-state index contributed by atoms with van der Waals surface area (Å²) < 4.78 is 9.90. The number of esters is 1. The third-order valence-electron chi connectivity index (χ3n) is 3.53. The van der Waals surface area contributed by atoms with Crippen LogP contribution < -0.4 is 10.9 Å². The van der Waals surface area contributed by atoms with Crippen LogP contribution >= 0.6 is 0 Å². The fourth-order valence-electron chi connectivity index (χ4n) is 2.41. The number of nitrogens with one attached hydrogen (secondary N) is 1. The van der Waals surface area contributed by atoms with Crippen molar-refractivity contribution in [3.8, 4) is 0 Å². The number of carbonyl (C=O) groups is 2. The molecule has 1 heterocycles. The van der Waals surface area contributed by atoms with Crippen LogP contribution in [0.5, 0.6) is 0 Å². The molecule has 0 radical (unpaired) electrons. The Bertz CT molecular complexity index is 825. The van der Waals surface area contributed by atoms with E-state index < -0.39 is 24.1 Å². The topological polar surface area (TPSA) is 85.6 Å². The molecule has 1 aromatic heterocycles. The zero-order chi connectivity index (χ0) is 17.9. The van der Waals surface area contributed by atoms with Gasteiger partial charge >= 0.3 is 11.6 Å². The minimum atomic E-state index is -0.704. The molecule has 1 N–H and O–H groups in total. The van der Waals surface area contributed by atoms with E-state index in [9.17, 15) is 14.4 Å². The first kappa shape index (κ1) is 17.5. The van der Waals surface area contributed by atoms with E-state index in [-0.39, 0.29) is 11.3 Å². The molecule has 1 aromatic carbocycles. The van der Waals surface area contributed by atoms with Crippen molar-refractivity contribution in [1.29, 1.82) is 0 Å². The molecule has 6 nitrogen and oxygen atoms in total. The Kier molecular flexibility index (Phi) is 5.18. The Hall–Kier alpha value is -2.89. The average Bonchev–Trinajstić information content (AvgIpc) is 2.47. The first-order valence-electron chi connectivity index (χ1n) is 7.43. The van der Waals surface area contributed by atoms with E-state index in [4.69, 9.17) is 9.15 Å². The maximum Gasteiger partial charge on any atom is 0.342 e. The van der Waals surface area contributed by atoms with Gasteiger partial charge in [-0.3, -0.25) is 4.79 Å². The number of rotatable bonds is 4. The van der Waals surface area contributed by atoms with Gasteiger partial charge in [-0.05, 0) is 44.9 Å². The van der Waals surface area contributed by atoms with Crippen molar-refractivity contribution >= 4 is 17.6 Å². The van der Waals surface area contributed by atoms with Gasteiger partial charge in [0, 0.05) is 11.8 Å². The number of benzene rings is 1. The van der Waals surface area contributed by atoms with Gasteiger partial charge < -0.3 is 14.5 Å². The molecule has 2 aromatic rings. The van der Waals surface area contributed by atoms with Crippen LogP contribution in [0.1, 0.15) is 32.8 Å². The number of ether oxygens (including phenoxy) is 1. The molecule has 0 aliphatic rings. The van der Waals surface area contributed by atoms with Gasteiger partial charge in [0.1, 0.15) is 11.3 Å². The minimum absolute atomic E-state index is 0.161.